The van der Waals surface area contributed by atoms with Gasteiger partial charge in [0, 0.05) is 13.1 Å². The lowest BCUT2D eigenvalue weighted by Crippen LogP contribution is -2.47. The summed E-state index contributed by atoms with van der Waals surface area (Å²) in [5.41, 5.74) is 5.63. The molecule has 0 saturated carbocycles. The number of carbonyl (C=O) groups is 2. The van der Waals surface area contributed by atoms with Crippen LogP contribution in [0.1, 0.15) is 26.2 Å². The summed E-state index contributed by atoms with van der Waals surface area (Å²) in [4.78, 5) is 24.0. The number of aliphatic carboxylic acids is 1. The molecular weight excluding hydrogens is 196 g/mol. The summed E-state index contributed by atoms with van der Waals surface area (Å²) in [7, 11) is 0. The molecule has 0 unspecified atom stereocenters. The van der Waals surface area contributed by atoms with Crippen LogP contribution in [0.15, 0.2) is 0 Å². The topological polar surface area (TPSA) is 83.6 Å². The van der Waals surface area contributed by atoms with E-state index in [0.29, 0.717) is 32.4 Å². The molecular formula is C10H18N2O3. The second-order valence-electron chi connectivity index (χ2n) is 3.95. The minimum Gasteiger partial charge on any atom is -0.481 e. The van der Waals surface area contributed by atoms with Gasteiger partial charge in [-0.25, -0.2) is 0 Å². The standard InChI is InChI=1S/C10H18N2O3/c1-2-8(11)9(13)12-5-3-7(4-6-12)10(14)15/h7-8H,2-6,11H2,1H3,(H,14,15)/t8-/m1/s1. The van der Waals surface area contributed by atoms with Crippen molar-refractivity contribution >= 4 is 11.9 Å². The van der Waals surface area contributed by atoms with Crippen LogP contribution in [0, 0.1) is 5.92 Å². The number of carboxylic acids is 1. The molecule has 5 nitrogen and oxygen atoms in total. The first-order valence-corrected chi connectivity index (χ1v) is 5.33. The van der Waals surface area contributed by atoms with Crippen LogP contribution in [0.25, 0.3) is 0 Å². The smallest absolute Gasteiger partial charge is 0.306 e. The molecule has 0 radical (unpaired) electrons. The Kier molecular flexibility index (Phi) is 4.08. The van der Waals surface area contributed by atoms with Crippen molar-refractivity contribution in [3.8, 4) is 0 Å². The van der Waals surface area contributed by atoms with Crippen LogP contribution in [-0.4, -0.2) is 41.0 Å². The molecule has 1 saturated heterocycles. The van der Waals surface area contributed by atoms with Gasteiger partial charge in [-0.05, 0) is 19.3 Å². The summed E-state index contributed by atoms with van der Waals surface area (Å²) < 4.78 is 0. The SMILES string of the molecule is CC[C@@H](N)C(=O)N1CCC(C(=O)O)CC1. The number of carboxylic acid groups (broad SMARTS) is 1. The van der Waals surface area contributed by atoms with Crippen LogP contribution >= 0.6 is 0 Å². The minimum atomic E-state index is -0.762. The molecule has 1 atom stereocenters. The summed E-state index contributed by atoms with van der Waals surface area (Å²) >= 11 is 0. The molecule has 1 aliphatic rings. The number of hydrogen-bond acceptors (Lipinski definition) is 3. The number of carbonyl (C=O) groups excluding carboxylic acids is 1. The van der Waals surface area contributed by atoms with Crippen molar-refractivity contribution in [3.05, 3.63) is 0 Å². The van der Waals surface area contributed by atoms with E-state index in [4.69, 9.17) is 10.8 Å². The molecule has 1 aliphatic heterocycles. The fourth-order valence-corrected chi connectivity index (χ4v) is 1.76. The van der Waals surface area contributed by atoms with Crippen LogP contribution in [0.2, 0.25) is 0 Å². The fourth-order valence-electron chi connectivity index (χ4n) is 1.76. The molecule has 0 aromatic heterocycles. The van der Waals surface area contributed by atoms with Crippen LogP contribution in [0.4, 0.5) is 0 Å². The van der Waals surface area contributed by atoms with Crippen molar-refractivity contribution in [1.29, 1.82) is 0 Å². The van der Waals surface area contributed by atoms with Gasteiger partial charge in [-0.3, -0.25) is 9.59 Å². The highest BCUT2D eigenvalue weighted by molar-refractivity contribution is 5.82. The normalized spacial score (nSPS) is 20.0. The van der Waals surface area contributed by atoms with Crippen molar-refractivity contribution in [2.75, 3.05) is 13.1 Å². The van der Waals surface area contributed by atoms with Crippen molar-refractivity contribution in [1.82, 2.24) is 4.90 Å². The quantitative estimate of drug-likeness (QED) is 0.695. The summed E-state index contributed by atoms with van der Waals surface area (Å²) in [6, 6.07) is -0.439. The maximum Gasteiger partial charge on any atom is 0.306 e. The van der Waals surface area contributed by atoms with E-state index in [0.717, 1.165) is 0 Å². The Balaban J connectivity index is 2.43. The first-order chi connectivity index (χ1) is 7.06. The minimum absolute atomic E-state index is 0.0543. The van der Waals surface area contributed by atoms with Crippen molar-refractivity contribution in [3.63, 3.8) is 0 Å². The molecule has 86 valence electrons. The first-order valence-electron chi connectivity index (χ1n) is 5.33. The number of amides is 1. The van der Waals surface area contributed by atoms with Crippen LogP contribution in [0.3, 0.4) is 0 Å². The molecule has 1 amide bonds. The van der Waals surface area contributed by atoms with E-state index < -0.39 is 12.0 Å². The maximum atomic E-state index is 11.7. The van der Waals surface area contributed by atoms with E-state index in [9.17, 15) is 9.59 Å². The van der Waals surface area contributed by atoms with Crippen molar-refractivity contribution < 1.29 is 14.7 Å². The van der Waals surface area contributed by atoms with Crippen LogP contribution < -0.4 is 5.73 Å². The average molecular weight is 214 g/mol. The van der Waals surface area contributed by atoms with E-state index in [1.807, 2.05) is 6.92 Å². The molecule has 1 rings (SSSR count). The number of hydrogen-bond donors (Lipinski definition) is 2. The van der Waals surface area contributed by atoms with Crippen LogP contribution in [-0.2, 0) is 9.59 Å². The highest BCUT2D eigenvalue weighted by atomic mass is 16.4. The van der Waals surface area contributed by atoms with Gasteiger partial charge in [-0.2, -0.15) is 0 Å². The molecule has 0 bridgehead atoms. The van der Waals surface area contributed by atoms with Gasteiger partial charge >= 0.3 is 5.97 Å². The Labute approximate surface area is 89.2 Å². The molecule has 1 fully saturated rings. The second-order valence-corrected chi connectivity index (χ2v) is 3.95. The van der Waals surface area contributed by atoms with Gasteiger partial charge in [0.2, 0.25) is 5.91 Å². The predicted octanol–water partition coefficient (Wildman–Crippen LogP) is 0.0469. The van der Waals surface area contributed by atoms with E-state index in [2.05, 4.69) is 0 Å². The van der Waals surface area contributed by atoms with E-state index >= 15 is 0 Å². The Hall–Kier alpha value is -1.10. The van der Waals surface area contributed by atoms with Gasteiger partial charge in [0.05, 0.1) is 12.0 Å². The zero-order valence-electron chi connectivity index (χ0n) is 8.98. The lowest BCUT2D eigenvalue weighted by atomic mass is 9.96. The summed E-state index contributed by atoms with van der Waals surface area (Å²) in [5.74, 6) is -1.12. The number of nitrogens with zero attached hydrogens (tertiary/aromatic N) is 1. The molecule has 5 heteroatoms. The van der Waals surface area contributed by atoms with Crippen LogP contribution in [0.5, 0.6) is 0 Å². The number of rotatable bonds is 3. The number of piperidine rings is 1. The summed E-state index contributed by atoms with van der Waals surface area (Å²) in [5, 5.41) is 8.79. The molecule has 15 heavy (non-hydrogen) atoms. The van der Waals surface area contributed by atoms with Gasteiger partial charge in [-0.15, -0.1) is 0 Å². The lowest BCUT2D eigenvalue weighted by molar-refractivity contribution is -0.146. The van der Waals surface area contributed by atoms with Crippen molar-refractivity contribution in [2.45, 2.75) is 32.2 Å². The van der Waals surface area contributed by atoms with Gasteiger partial charge in [0.15, 0.2) is 0 Å². The van der Waals surface area contributed by atoms with Gasteiger partial charge in [0.25, 0.3) is 0 Å². The Morgan fingerprint density at radius 3 is 2.40 bits per heavy atom. The second kappa shape index (κ2) is 5.11. The number of nitrogens with two attached hydrogens (primary N) is 1. The van der Waals surface area contributed by atoms with E-state index in [1.165, 1.54) is 0 Å². The third kappa shape index (κ3) is 2.92. The molecule has 0 aromatic carbocycles. The third-order valence-electron chi connectivity index (χ3n) is 2.91. The van der Waals surface area contributed by atoms with E-state index in [1.54, 1.807) is 4.90 Å². The summed E-state index contributed by atoms with van der Waals surface area (Å²) in [6.45, 7) is 2.90. The largest absolute Gasteiger partial charge is 0.481 e. The molecule has 0 spiro atoms. The van der Waals surface area contributed by atoms with Crippen molar-refractivity contribution in [2.24, 2.45) is 11.7 Å². The highest BCUT2D eigenvalue weighted by Crippen LogP contribution is 2.17. The van der Waals surface area contributed by atoms with Gasteiger partial charge in [-0.1, -0.05) is 6.92 Å². The van der Waals surface area contributed by atoms with E-state index in [-0.39, 0.29) is 11.8 Å². The zero-order valence-corrected chi connectivity index (χ0v) is 8.98. The monoisotopic (exact) mass is 214 g/mol. The maximum absolute atomic E-state index is 11.7. The fraction of sp³-hybridized carbons (Fsp3) is 0.800. The first kappa shape index (κ1) is 12.0. The average Bonchev–Trinajstić information content (AvgIpc) is 2.27. The predicted molar refractivity (Wildman–Crippen MR) is 55.2 cm³/mol. The third-order valence-corrected chi connectivity index (χ3v) is 2.91. The van der Waals surface area contributed by atoms with Gasteiger partial charge < -0.3 is 15.7 Å². The molecule has 1 heterocycles. The Morgan fingerprint density at radius 2 is 2.00 bits per heavy atom. The summed E-state index contributed by atoms with van der Waals surface area (Å²) in [6.07, 6.45) is 1.70. The lowest BCUT2D eigenvalue weighted by Gasteiger charge is -2.31. The Bertz CT molecular complexity index is 247. The number of likely N-dealkylation sites (tertiary alicyclic amines) is 1. The molecule has 3 N–H and O–H groups in total. The Morgan fingerprint density at radius 1 is 1.47 bits per heavy atom. The highest BCUT2D eigenvalue weighted by Gasteiger charge is 2.28. The molecule has 0 aromatic rings. The zero-order chi connectivity index (χ0) is 11.4. The molecule has 0 aliphatic carbocycles. The van der Waals surface area contributed by atoms with Gasteiger partial charge in [0.1, 0.15) is 0 Å².